The van der Waals surface area contributed by atoms with Crippen LogP contribution in [0.4, 0.5) is 5.82 Å². The second-order valence-corrected chi connectivity index (χ2v) is 5.45. The van der Waals surface area contributed by atoms with Crippen LogP contribution in [0.1, 0.15) is 13.8 Å². The summed E-state index contributed by atoms with van der Waals surface area (Å²) in [7, 11) is 0. The normalized spacial score (nSPS) is 19.1. The Morgan fingerprint density at radius 1 is 1.22 bits per heavy atom. The number of hydrogen-bond donors (Lipinski definition) is 1. The van der Waals surface area contributed by atoms with Gasteiger partial charge in [0.1, 0.15) is 12.1 Å². The Hall–Kier alpha value is -1.68. The first-order valence-electron chi connectivity index (χ1n) is 6.35. The van der Waals surface area contributed by atoms with Crippen LogP contribution in [0.2, 0.25) is 0 Å². The topological polar surface area (TPSA) is 41.1 Å². The van der Waals surface area contributed by atoms with Crippen molar-refractivity contribution in [2.75, 3.05) is 24.5 Å². The van der Waals surface area contributed by atoms with Crippen LogP contribution in [0.25, 0.3) is 10.9 Å². The molecule has 0 aliphatic carbocycles. The van der Waals surface area contributed by atoms with Crippen molar-refractivity contribution in [2.45, 2.75) is 19.4 Å². The minimum absolute atomic E-state index is 0.129. The summed E-state index contributed by atoms with van der Waals surface area (Å²) in [4.78, 5) is 11.2. The first-order chi connectivity index (χ1) is 8.66. The van der Waals surface area contributed by atoms with E-state index in [2.05, 4.69) is 40.1 Å². The van der Waals surface area contributed by atoms with Crippen molar-refractivity contribution < 1.29 is 0 Å². The molecule has 94 valence electrons. The summed E-state index contributed by atoms with van der Waals surface area (Å²) < 4.78 is 0. The lowest BCUT2D eigenvalue weighted by Crippen LogP contribution is -2.57. The van der Waals surface area contributed by atoms with E-state index in [4.69, 9.17) is 0 Å². The van der Waals surface area contributed by atoms with E-state index >= 15 is 0 Å². The number of nitrogens with zero attached hydrogens (tertiary/aromatic N) is 3. The van der Waals surface area contributed by atoms with Crippen LogP contribution in [0, 0.1) is 0 Å². The molecule has 1 saturated heterocycles. The highest BCUT2D eigenvalue weighted by Crippen LogP contribution is 2.25. The van der Waals surface area contributed by atoms with Gasteiger partial charge in [-0.15, -0.1) is 0 Å². The average molecular weight is 242 g/mol. The third-order valence-electron chi connectivity index (χ3n) is 3.39. The van der Waals surface area contributed by atoms with Crippen LogP contribution in [0.15, 0.2) is 30.6 Å². The zero-order valence-electron chi connectivity index (χ0n) is 10.8. The van der Waals surface area contributed by atoms with Gasteiger partial charge in [0, 0.05) is 30.6 Å². The van der Waals surface area contributed by atoms with Crippen LogP contribution < -0.4 is 10.2 Å². The highest BCUT2D eigenvalue weighted by atomic mass is 15.3. The summed E-state index contributed by atoms with van der Waals surface area (Å²) >= 11 is 0. The van der Waals surface area contributed by atoms with Crippen LogP contribution in [0.3, 0.4) is 0 Å². The predicted octanol–water partition coefficient (Wildman–Crippen LogP) is 1.82. The second kappa shape index (κ2) is 4.21. The third-order valence-corrected chi connectivity index (χ3v) is 3.39. The highest BCUT2D eigenvalue weighted by Gasteiger charge is 2.27. The van der Waals surface area contributed by atoms with E-state index in [1.54, 1.807) is 6.33 Å². The molecule has 2 aromatic rings. The first kappa shape index (κ1) is 11.4. The molecule has 2 heterocycles. The van der Waals surface area contributed by atoms with Crippen LogP contribution in [0.5, 0.6) is 0 Å². The summed E-state index contributed by atoms with van der Waals surface area (Å²) in [5.74, 6) is 1.05. The molecule has 0 unspecified atom stereocenters. The van der Waals surface area contributed by atoms with Gasteiger partial charge < -0.3 is 10.2 Å². The molecule has 0 bridgehead atoms. The fraction of sp³-hybridized carbons (Fsp3) is 0.429. The number of rotatable bonds is 1. The molecule has 1 aromatic carbocycles. The molecule has 0 amide bonds. The van der Waals surface area contributed by atoms with Crippen molar-refractivity contribution in [1.82, 2.24) is 15.3 Å². The number of hydrogen-bond acceptors (Lipinski definition) is 4. The molecular formula is C14H18N4. The molecule has 4 nitrogen and oxygen atoms in total. The van der Waals surface area contributed by atoms with Gasteiger partial charge in [0.05, 0.1) is 5.52 Å². The van der Waals surface area contributed by atoms with Gasteiger partial charge in [-0.1, -0.05) is 12.1 Å². The SMILES string of the molecule is CC1(C)CN(c2ncnc3ccccc23)CCN1. The van der Waals surface area contributed by atoms with Gasteiger partial charge in [-0.05, 0) is 26.0 Å². The lowest BCUT2D eigenvalue weighted by molar-refractivity contribution is 0.352. The lowest BCUT2D eigenvalue weighted by atomic mass is 10.0. The van der Waals surface area contributed by atoms with Crippen molar-refractivity contribution in [1.29, 1.82) is 0 Å². The van der Waals surface area contributed by atoms with Gasteiger partial charge in [-0.2, -0.15) is 0 Å². The van der Waals surface area contributed by atoms with E-state index < -0.39 is 0 Å². The Labute approximate surface area is 107 Å². The molecule has 0 spiro atoms. The van der Waals surface area contributed by atoms with E-state index in [0.717, 1.165) is 36.4 Å². The van der Waals surface area contributed by atoms with Gasteiger partial charge in [0.25, 0.3) is 0 Å². The van der Waals surface area contributed by atoms with E-state index in [0.29, 0.717) is 0 Å². The van der Waals surface area contributed by atoms with Crippen molar-refractivity contribution in [3.8, 4) is 0 Å². The number of benzene rings is 1. The third kappa shape index (κ3) is 2.04. The molecule has 1 N–H and O–H groups in total. The van der Waals surface area contributed by atoms with Gasteiger partial charge >= 0.3 is 0 Å². The lowest BCUT2D eigenvalue weighted by Gasteiger charge is -2.40. The Bertz CT molecular complexity index is 559. The van der Waals surface area contributed by atoms with Crippen molar-refractivity contribution in [2.24, 2.45) is 0 Å². The summed E-state index contributed by atoms with van der Waals surface area (Å²) in [5, 5.41) is 4.66. The maximum atomic E-state index is 4.48. The molecule has 0 saturated carbocycles. The Kier molecular flexibility index (Phi) is 2.67. The largest absolute Gasteiger partial charge is 0.353 e. The molecule has 18 heavy (non-hydrogen) atoms. The summed E-state index contributed by atoms with van der Waals surface area (Å²) in [5.41, 5.74) is 1.14. The van der Waals surface area contributed by atoms with Crippen LogP contribution in [-0.4, -0.2) is 35.1 Å². The number of fused-ring (bicyclic) bond motifs is 1. The van der Waals surface area contributed by atoms with E-state index in [9.17, 15) is 0 Å². The number of para-hydroxylation sites is 1. The molecule has 0 atom stereocenters. The molecule has 1 fully saturated rings. The summed E-state index contributed by atoms with van der Waals surface area (Å²) in [6.07, 6.45) is 1.66. The van der Waals surface area contributed by atoms with E-state index in [1.807, 2.05) is 18.2 Å². The Morgan fingerprint density at radius 2 is 2.06 bits per heavy atom. The fourth-order valence-corrected chi connectivity index (χ4v) is 2.56. The summed E-state index contributed by atoms with van der Waals surface area (Å²) in [6, 6.07) is 8.19. The Morgan fingerprint density at radius 3 is 2.89 bits per heavy atom. The molecule has 3 rings (SSSR count). The number of anilines is 1. The van der Waals surface area contributed by atoms with Gasteiger partial charge in [0.15, 0.2) is 0 Å². The van der Waals surface area contributed by atoms with Crippen LogP contribution in [-0.2, 0) is 0 Å². The molecule has 1 aliphatic rings. The summed E-state index contributed by atoms with van der Waals surface area (Å²) in [6.45, 7) is 7.40. The maximum Gasteiger partial charge on any atom is 0.139 e. The minimum Gasteiger partial charge on any atom is -0.353 e. The average Bonchev–Trinajstić information content (AvgIpc) is 2.37. The molecule has 1 aromatic heterocycles. The monoisotopic (exact) mass is 242 g/mol. The highest BCUT2D eigenvalue weighted by molar-refractivity contribution is 5.89. The van der Waals surface area contributed by atoms with Crippen LogP contribution >= 0.6 is 0 Å². The molecule has 0 radical (unpaired) electrons. The zero-order chi connectivity index (χ0) is 12.6. The van der Waals surface area contributed by atoms with Crippen molar-refractivity contribution in [3.05, 3.63) is 30.6 Å². The fourth-order valence-electron chi connectivity index (χ4n) is 2.56. The predicted molar refractivity (Wildman–Crippen MR) is 73.8 cm³/mol. The second-order valence-electron chi connectivity index (χ2n) is 5.45. The number of nitrogens with one attached hydrogen (secondary N) is 1. The van der Waals surface area contributed by atoms with E-state index in [-0.39, 0.29) is 5.54 Å². The number of aromatic nitrogens is 2. The van der Waals surface area contributed by atoms with Gasteiger partial charge in [0.2, 0.25) is 0 Å². The first-order valence-corrected chi connectivity index (χ1v) is 6.35. The van der Waals surface area contributed by atoms with E-state index in [1.165, 1.54) is 0 Å². The van der Waals surface area contributed by atoms with Crippen molar-refractivity contribution in [3.63, 3.8) is 0 Å². The quantitative estimate of drug-likeness (QED) is 0.828. The smallest absolute Gasteiger partial charge is 0.139 e. The molecule has 1 aliphatic heterocycles. The number of piperazine rings is 1. The molecular weight excluding hydrogens is 224 g/mol. The maximum absolute atomic E-state index is 4.48. The van der Waals surface area contributed by atoms with Gasteiger partial charge in [-0.25, -0.2) is 9.97 Å². The Balaban J connectivity index is 2.04. The standard InChI is InChI=1S/C14H18N4/c1-14(2)9-18(8-7-17-14)13-11-5-3-4-6-12(11)15-10-16-13/h3-6,10,17H,7-9H2,1-2H3. The molecule has 4 heteroatoms. The van der Waals surface area contributed by atoms with Crippen molar-refractivity contribution >= 4 is 16.7 Å². The zero-order valence-corrected chi connectivity index (χ0v) is 10.8. The van der Waals surface area contributed by atoms with Gasteiger partial charge in [-0.3, -0.25) is 0 Å². The minimum atomic E-state index is 0.129.